The van der Waals surface area contributed by atoms with Gasteiger partial charge in [0.05, 0.1) is 6.42 Å². The zero-order valence-corrected chi connectivity index (χ0v) is 22.9. The number of benzene rings is 1. The minimum absolute atomic E-state index is 0.159. The molecule has 1 atom stereocenters. The number of aromatic amines is 1. The van der Waals surface area contributed by atoms with Crippen molar-refractivity contribution in [2.24, 2.45) is 0 Å². The summed E-state index contributed by atoms with van der Waals surface area (Å²) in [5.41, 5.74) is 0.630. The average Bonchev–Trinajstić information content (AvgIpc) is 3.08. The number of halogens is 1. The number of fused-ring (bicyclic) bond motifs is 1. The predicted octanol–water partition coefficient (Wildman–Crippen LogP) is 4.79. The Labute approximate surface area is 215 Å². The average molecular weight is 553 g/mol. The van der Waals surface area contributed by atoms with Gasteiger partial charge >= 0.3 is 12.2 Å². The third kappa shape index (κ3) is 11.0. The van der Waals surface area contributed by atoms with Gasteiger partial charge in [-0.2, -0.15) is 0 Å². The van der Waals surface area contributed by atoms with Crippen LogP contribution in [0, 0.1) is 0 Å². The summed E-state index contributed by atoms with van der Waals surface area (Å²) in [7, 11) is 0. The first kappa shape index (κ1) is 28.5. The number of alkyl carbamates (subject to hydrolysis) is 2. The second kappa shape index (κ2) is 12.3. The molecule has 35 heavy (non-hydrogen) atoms. The quantitative estimate of drug-likeness (QED) is 0.333. The summed E-state index contributed by atoms with van der Waals surface area (Å²) in [6.07, 6.45) is 2.08. The van der Waals surface area contributed by atoms with E-state index in [0.717, 1.165) is 20.9 Å². The molecule has 3 amide bonds. The molecule has 1 aromatic heterocycles. The number of H-pyrrole nitrogens is 1. The molecule has 1 heterocycles. The molecule has 194 valence electrons. The molecular formula is C25H37BrN4O5. The Morgan fingerprint density at radius 3 is 2.31 bits per heavy atom. The van der Waals surface area contributed by atoms with Gasteiger partial charge in [0, 0.05) is 40.7 Å². The van der Waals surface area contributed by atoms with Crippen LogP contribution < -0.4 is 16.0 Å². The maximum atomic E-state index is 12.7. The molecule has 0 saturated carbocycles. The van der Waals surface area contributed by atoms with Crippen molar-refractivity contribution in [2.45, 2.75) is 78.0 Å². The normalized spacial score (nSPS) is 12.7. The molecule has 0 aliphatic heterocycles. The molecule has 9 nitrogen and oxygen atoms in total. The van der Waals surface area contributed by atoms with Gasteiger partial charge in [0.25, 0.3) is 0 Å². The molecule has 0 fully saturated rings. The lowest BCUT2D eigenvalue weighted by Gasteiger charge is -2.24. The summed E-state index contributed by atoms with van der Waals surface area (Å²) in [6, 6.07) is 5.49. The van der Waals surface area contributed by atoms with Gasteiger partial charge in [-0.1, -0.05) is 15.9 Å². The number of hydrogen-bond acceptors (Lipinski definition) is 5. The Morgan fingerprint density at radius 2 is 1.66 bits per heavy atom. The third-order valence-corrected chi connectivity index (χ3v) is 5.24. The van der Waals surface area contributed by atoms with Gasteiger partial charge in [-0.15, -0.1) is 0 Å². The number of amides is 3. The Morgan fingerprint density at radius 1 is 1.00 bits per heavy atom. The van der Waals surface area contributed by atoms with E-state index in [0.29, 0.717) is 19.4 Å². The van der Waals surface area contributed by atoms with Gasteiger partial charge in [0.1, 0.15) is 11.2 Å². The van der Waals surface area contributed by atoms with Crippen LogP contribution in [0.4, 0.5) is 9.59 Å². The van der Waals surface area contributed by atoms with Crippen LogP contribution in [0.5, 0.6) is 0 Å². The van der Waals surface area contributed by atoms with Crippen LogP contribution in [0.25, 0.3) is 10.9 Å². The third-order valence-electron chi connectivity index (χ3n) is 4.74. The van der Waals surface area contributed by atoms with E-state index in [1.54, 1.807) is 41.5 Å². The van der Waals surface area contributed by atoms with E-state index in [1.165, 1.54) is 0 Å². The molecule has 0 bridgehead atoms. The van der Waals surface area contributed by atoms with E-state index < -0.39 is 23.4 Å². The van der Waals surface area contributed by atoms with Gasteiger partial charge in [0.2, 0.25) is 5.91 Å². The largest absolute Gasteiger partial charge is 0.444 e. The van der Waals surface area contributed by atoms with Crippen molar-refractivity contribution < 1.29 is 23.9 Å². The highest BCUT2D eigenvalue weighted by Crippen LogP contribution is 2.23. The minimum Gasteiger partial charge on any atom is -0.444 e. The lowest BCUT2D eigenvalue weighted by atomic mass is 10.1. The number of aromatic nitrogens is 1. The second-order valence-electron chi connectivity index (χ2n) is 10.4. The van der Waals surface area contributed by atoms with E-state index >= 15 is 0 Å². The summed E-state index contributed by atoms with van der Waals surface area (Å²) in [4.78, 5) is 40.0. The highest BCUT2D eigenvalue weighted by atomic mass is 79.9. The highest BCUT2D eigenvalue weighted by Gasteiger charge is 2.21. The molecule has 1 aromatic carbocycles. The van der Waals surface area contributed by atoms with Crippen molar-refractivity contribution >= 4 is 44.9 Å². The fraction of sp³-hybridized carbons (Fsp3) is 0.560. The van der Waals surface area contributed by atoms with Crippen LogP contribution >= 0.6 is 15.9 Å². The van der Waals surface area contributed by atoms with Crippen molar-refractivity contribution in [2.75, 3.05) is 13.1 Å². The van der Waals surface area contributed by atoms with E-state index in [1.807, 2.05) is 24.4 Å². The lowest BCUT2D eigenvalue weighted by molar-refractivity contribution is -0.120. The zero-order chi connectivity index (χ0) is 26.2. The number of nitrogens with one attached hydrogen (secondary N) is 4. The number of ether oxygens (including phenoxy) is 2. The molecular weight excluding hydrogens is 516 g/mol. The van der Waals surface area contributed by atoms with Crippen LogP contribution in [-0.2, 0) is 20.7 Å². The maximum absolute atomic E-state index is 12.7. The van der Waals surface area contributed by atoms with Crippen LogP contribution in [0.3, 0.4) is 0 Å². The molecule has 0 saturated heterocycles. The molecule has 4 N–H and O–H groups in total. The van der Waals surface area contributed by atoms with E-state index in [-0.39, 0.29) is 24.9 Å². The minimum atomic E-state index is -0.639. The van der Waals surface area contributed by atoms with Crippen molar-refractivity contribution in [3.8, 4) is 0 Å². The Bertz CT molecular complexity index is 1020. The zero-order valence-electron chi connectivity index (χ0n) is 21.3. The van der Waals surface area contributed by atoms with Crippen LogP contribution in [0.15, 0.2) is 28.9 Å². The van der Waals surface area contributed by atoms with Crippen LogP contribution in [0.2, 0.25) is 0 Å². The second-order valence-corrected chi connectivity index (χ2v) is 11.3. The lowest BCUT2D eigenvalue weighted by Crippen LogP contribution is -2.46. The van der Waals surface area contributed by atoms with Crippen molar-refractivity contribution in [1.29, 1.82) is 0 Å². The van der Waals surface area contributed by atoms with Gasteiger partial charge in [0.15, 0.2) is 0 Å². The van der Waals surface area contributed by atoms with Crippen molar-refractivity contribution in [3.05, 3.63) is 34.4 Å². The Kier molecular flexibility index (Phi) is 10.00. The van der Waals surface area contributed by atoms with Gasteiger partial charge < -0.3 is 30.4 Å². The molecule has 0 unspecified atom stereocenters. The number of carbonyl (C=O) groups excluding carboxylic acids is 3. The van der Waals surface area contributed by atoms with E-state index in [9.17, 15) is 14.4 Å². The fourth-order valence-corrected chi connectivity index (χ4v) is 3.68. The van der Waals surface area contributed by atoms with Crippen molar-refractivity contribution in [3.63, 3.8) is 0 Å². The Hall–Kier alpha value is -2.75. The predicted molar refractivity (Wildman–Crippen MR) is 139 cm³/mol. The number of rotatable bonds is 9. The molecule has 2 rings (SSSR count). The number of hydrogen-bond donors (Lipinski definition) is 4. The monoisotopic (exact) mass is 552 g/mol. The molecule has 0 aliphatic rings. The topological polar surface area (TPSA) is 122 Å². The summed E-state index contributed by atoms with van der Waals surface area (Å²) >= 11 is 3.46. The standard InChI is InChI=1S/C25H37BrN4O5/c1-24(2,3)34-22(32)27-11-7-8-18(30-23(33)35-25(4,5)6)15-29-21(31)12-16-14-28-20-10-9-17(26)13-19(16)20/h9-10,13-14,18,28H,7-8,11-12,15H2,1-6H3,(H,27,32)(H,29,31)(H,30,33)/t18-/m0/s1. The van der Waals surface area contributed by atoms with Gasteiger partial charge in [-0.25, -0.2) is 9.59 Å². The van der Waals surface area contributed by atoms with Crippen molar-refractivity contribution in [1.82, 2.24) is 20.9 Å². The van der Waals surface area contributed by atoms with E-state index in [2.05, 4.69) is 36.9 Å². The Balaban J connectivity index is 1.91. The van der Waals surface area contributed by atoms with Crippen LogP contribution in [0.1, 0.15) is 59.9 Å². The molecule has 2 aromatic rings. The summed E-state index contributed by atoms with van der Waals surface area (Å²) in [6.45, 7) is 11.4. The summed E-state index contributed by atoms with van der Waals surface area (Å²) in [5.74, 6) is -0.159. The summed E-state index contributed by atoms with van der Waals surface area (Å²) in [5, 5.41) is 9.40. The smallest absolute Gasteiger partial charge is 0.407 e. The van der Waals surface area contributed by atoms with Gasteiger partial charge in [-0.05, 0) is 78.1 Å². The first-order valence-corrected chi connectivity index (χ1v) is 12.5. The first-order valence-electron chi connectivity index (χ1n) is 11.7. The van der Waals surface area contributed by atoms with Gasteiger partial charge in [-0.3, -0.25) is 4.79 Å². The molecule has 10 heteroatoms. The van der Waals surface area contributed by atoms with E-state index in [4.69, 9.17) is 9.47 Å². The highest BCUT2D eigenvalue weighted by molar-refractivity contribution is 9.10. The summed E-state index contributed by atoms with van der Waals surface area (Å²) < 4.78 is 11.5. The molecule has 0 radical (unpaired) electrons. The molecule has 0 spiro atoms. The molecule has 0 aliphatic carbocycles. The number of carbonyl (C=O) groups is 3. The SMILES string of the molecule is CC(C)(C)OC(=O)NCCC[C@@H](CNC(=O)Cc1c[nH]c2ccc(Br)cc12)NC(=O)OC(C)(C)C. The first-order chi connectivity index (χ1) is 16.2. The van der Waals surface area contributed by atoms with Crippen LogP contribution in [-0.4, -0.2) is 53.4 Å². The maximum Gasteiger partial charge on any atom is 0.407 e. The fourth-order valence-electron chi connectivity index (χ4n) is 3.32.